The topological polar surface area (TPSA) is 52.2 Å². The average molecular weight is 306 g/mol. The predicted octanol–water partition coefficient (Wildman–Crippen LogP) is 2.80. The summed E-state index contributed by atoms with van der Waals surface area (Å²) in [5, 5.41) is 0.668. The van der Waals surface area contributed by atoms with Crippen molar-refractivity contribution >= 4 is 22.5 Å². The zero-order valence-electron chi connectivity index (χ0n) is 10.7. The van der Waals surface area contributed by atoms with E-state index < -0.39 is 11.4 Å². The van der Waals surface area contributed by atoms with Gasteiger partial charge < -0.3 is 4.42 Å². The van der Waals surface area contributed by atoms with Crippen LogP contribution in [0.15, 0.2) is 56.5 Å². The molecule has 0 atom stereocenters. The van der Waals surface area contributed by atoms with Crippen LogP contribution in [0.5, 0.6) is 0 Å². The van der Waals surface area contributed by atoms with Gasteiger partial charge in [-0.15, -0.1) is 0 Å². The molecule has 0 aliphatic heterocycles. The van der Waals surface area contributed by atoms with E-state index >= 15 is 0 Å². The zero-order chi connectivity index (χ0) is 15.0. The standard InChI is InChI=1S/C15H9ClFNO3/c16-10-3-6-12-13(7-10)18(15(20)21-14(12)19)8-9-1-4-11(17)5-2-9/h1-7H,8H2. The number of hydrogen-bond donors (Lipinski definition) is 0. The third-order valence-electron chi connectivity index (χ3n) is 3.12. The highest BCUT2D eigenvalue weighted by Crippen LogP contribution is 2.16. The molecular formula is C15H9ClFNO3. The fourth-order valence-corrected chi connectivity index (χ4v) is 2.28. The first-order valence-corrected chi connectivity index (χ1v) is 6.50. The second kappa shape index (κ2) is 5.18. The molecule has 3 aromatic rings. The first kappa shape index (κ1) is 13.6. The number of fused-ring (bicyclic) bond motifs is 1. The highest BCUT2D eigenvalue weighted by molar-refractivity contribution is 6.31. The second-order valence-electron chi connectivity index (χ2n) is 4.53. The van der Waals surface area contributed by atoms with Crippen molar-refractivity contribution in [1.82, 2.24) is 4.57 Å². The normalized spacial score (nSPS) is 11.0. The van der Waals surface area contributed by atoms with Crippen molar-refractivity contribution < 1.29 is 8.81 Å². The first-order valence-electron chi connectivity index (χ1n) is 6.12. The Balaban J connectivity index is 2.21. The molecule has 0 N–H and O–H groups in total. The van der Waals surface area contributed by atoms with Gasteiger partial charge in [0.25, 0.3) is 0 Å². The molecule has 6 heteroatoms. The lowest BCUT2D eigenvalue weighted by molar-refractivity contribution is 0.425. The number of aromatic nitrogens is 1. The van der Waals surface area contributed by atoms with Crippen LogP contribution in [0.2, 0.25) is 5.02 Å². The van der Waals surface area contributed by atoms with Crippen LogP contribution < -0.4 is 11.4 Å². The van der Waals surface area contributed by atoms with E-state index in [1.165, 1.54) is 28.8 Å². The molecule has 1 aromatic heterocycles. The summed E-state index contributed by atoms with van der Waals surface area (Å²) in [4.78, 5) is 23.6. The quantitative estimate of drug-likeness (QED) is 0.731. The second-order valence-corrected chi connectivity index (χ2v) is 4.97. The van der Waals surface area contributed by atoms with Gasteiger partial charge in [0.05, 0.1) is 17.4 Å². The van der Waals surface area contributed by atoms with E-state index in [1.54, 1.807) is 18.2 Å². The predicted molar refractivity (Wildman–Crippen MR) is 77.3 cm³/mol. The molecule has 0 bridgehead atoms. The number of rotatable bonds is 2. The first-order chi connectivity index (χ1) is 10.0. The van der Waals surface area contributed by atoms with Gasteiger partial charge in [0.15, 0.2) is 0 Å². The summed E-state index contributed by atoms with van der Waals surface area (Å²) >= 11 is 5.92. The maximum absolute atomic E-state index is 12.9. The smallest absolute Gasteiger partial charge is 0.372 e. The lowest BCUT2D eigenvalue weighted by Crippen LogP contribution is -2.25. The van der Waals surface area contributed by atoms with Gasteiger partial charge in [-0.25, -0.2) is 14.0 Å². The fourth-order valence-electron chi connectivity index (χ4n) is 2.11. The van der Waals surface area contributed by atoms with Crippen LogP contribution >= 0.6 is 11.6 Å². The van der Waals surface area contributed by atoms with Gasteiger partial charge in [-0.05, 0) is 35.9 Å². The molecule has 1 heterocycles. The van der Waals surface area contributed by atoms with Crippen LogP contribution in [-0.2, 0) is 6.54 Å². The van der Waals surface area contributed by atoms with Crippen LogP contribution in [0.3, 0.4) is 0 Å². The molecule has 0 unspecified atom stereocenters. The van der Waals surface area contributed by atoms with Crippen molar-refractivity contribution in [2.24, 2.45) is 0 Å². The van der Waals surface area contributed by atoms with Crippen LogP contribution in [0.4, 0.5) is 4.39 Å². The maximum Gasteiger partial charge on any atom is 0.422 e. The maximum atomic E-state index is 12.9. The summed E-state index contributed by atoms with van der Waals surface area (Å²) in [6, 6.07) is 10.3. The molecule has 0 saturated carbocycles. The minimum Gasteiger partial charge on any atom is -0.372 e. The molecule has 0 saturated heterocycles. The molecule has 3 rings (SSSR count). The largest absolute Gasteiger partial charge is 0.422 e. The molecule has 21 heavy (non-hydrogen) atoms. The molecule has 0 amide bonds. The molecule has 0 spiro atoms. The number of halogens is 2. The monoisotopic (exact) mass is 305 g/mol. The Morgan fingerprint density at radius 2 is 1.81 bits per heavy atom. The SMILES string of the molecule is O=c1oc(=O)n(Cc2ccc(F)cc2)c2cc(Cl)ccc12. The van der Waals surface area contributed by atoms with Crippen molar-refractivity contribution in [3.05, 3.63) is 79.8 Å². The van der Waals surface area contributed by atoms with Gasteiger partial charge in [-0.2, -0.15) is 0 Å². The van der Waals surface area contributed by atoms with Crippen molar-refractivity contribution in [3.63, 3.8) is 0 Å². The molecule has 0 radical (unpaired) electrons. The zero-order valence-corrected chi connectivity index (χ0v) is 11.4. The Kier molecular flexibility index (Phi) is 3.35. The van der Waals surface area contributed by atoms with E-state index in [0.29, 0.717) is 16.1 Å². The summed E-state index contributed by atoms with van der Waals surface area (Å²) in [5.74, 6) is -1.14. The molecule has 0 fully saturated rings. The number of nitrogens with zero attached hydrogens (tertiary/aromatic N) is 1. The fraction of sp³-hybridized carbons (Fsp3) is 0.0667. The van der Waals surface area contributed by atoms with Crippen LogP contribution in [0.1, 0.15) is 5.56 Å². The highest BCUT2D eigenvalue weighted by atomic mass is 35.5. The van der Waals surface area contributed by atoms with Crippen LogP contribution in [0, 0.1) is 5.82 Å². The Morgan fingerprint density at radius 3 is 2.52 bits per heavy atom. The van der Waals surface area contributed by atoms with Gasteiger partial charge >= 0.3 is 11.4 Å². The lowest BCUT2D eigenvalue weighted by Gasteiger charge is -2.08. The van der Waals surface area contributed by atoms with Crippen molar-refractivity contribution in [1.29, 1.82) is 0 Å². The van der Waals surface area contributed by atoms with Crippen molar-refractivity contribution in [2.75, 3.05) is 0 Å². The molecule has 4 nitrogen and oxygen atoms in total. The number of hydrogen-bond acceptors (Lipinski definition) is 3. The third kappa shape index (κ3) is 2.60. The third-order valence-corrected chi connectivity index (χ3v) is 3.36. The van der Waals surface area contributed by atoms with Crippen molar-refractivity contribution in [2.45, 2.75) is 6.54 Å². The van der Waals surface area contributed by atoms with Crippen LogP contribution in [0.25, 0.3) is 10.9 Å². The average Bonchev–Trinajstić information content (AvgIpc) is 2.45. The van der Waals surface area contributed by atoms with Gasteiger partial charge in [-0.3, -0.25) is 4.57 Å². The van der Waals surface area contributed by atoms with Crippen LogP contribution in [-0.4, -0.2) is 4.57 Å². The Hall–Kier alpha value is -2.40. The van der Waals surface area contributed by atoms with E-state index in [4.69, 9.17) is 16.0 Å². The molecular weight excluding hydrogens is 297 g/mol. The molecule has 0 aliphatic carbocycles. The summed E-state index contributed by atoms with van der Waals surface area (Å²) in [6.07, 6.45) is 0. The molecule has 106 valence electrons. The van der Waals surface area contributed by atoms with E-state index in [1.807, 2.05) is 0 Å². The minimum atomic E-state index is -0.779. The van der Waals surface area contributed by atoms with Gasteiger partial charge in [-0.1, -0.05) is 23.7 Å². The molecule has 2 aromatic carbocycles. The highest BCUT2D eigenvalue weighted by Gasteiger charge is 2.10. The van der Waals surface area contributed by atoms with Gasteiger partial charge in [0.2, 0.25) is 0 Å². The summed E-state index contributed by atoms with van der Waals surface area (Å²) < 4.78 is 18.9. The minimum absolute atomic E-state index is 0.153. The van der Waals surface area contributed by atoms with E-state index in [2.05, 4.69) is 0 Å². The Labute approximate surface area is 123 Å². The van der Waals surface area contributed by atoms with E-state index in [-0.39, 0.29) is 17.7 Å². The van der Waals surface area contributed by atoms with E-state index in [9.17, 15) is 14.0 Å². The van der Waals surface area contributed by atoms with Crippen molar-refractivity contribution in [3.8, 4) is 0 Å². The van der Waals surface area contributed by atoms with E-state index in [0.717, 1.165) is 0 Å². The summed E-state index contributed by atoms with van der Waals surface area (Å²) in [5.41, 5.74) is 0.378. The van der Waals surface area contributed by atoms with Gasteiger partial charge in [0.1, 0.15) is 5.82 Å². The summed E-state index contributed by atoms with van der Waals surface area (Å²) in [7, 11) is 0. The van der Waals surface area contributed by atoms with Gasteiger partial charge in [0, 0.05) is 5.02 Å². The number of benzene rings is 2. The summed E-state index contributed by atoms with van der Waals surface area (Å²) in [6.45, 7) is 0.153. The molecule has 0 aliphatic rings. The Bertz CT molecular complexity index is 928. The Morgan fingerprint density at radius 1 is 1.10 bits per heavy atom. The lowest BCUT2D eigenvalue weighted by atomic mass is 10.2.